The molecular formula is C16H17ClN2OS. The van der Waals surface area contributed by atoms with Crippen molar-refractivity contribution in [1.29, 1.82) is 0 Å². The van der Waals surface area contributed by atoms with E-state index in [1.165, 1.54) is 11.8 Å². The number of anilines is 2. The monoisotopic (exact) mass is 320 g/mol. The van der Waals surface area contributed by atoms with Crippen molar-refractivity contribution in [2.24, 2.45) is 0 Å². The van der Waals surface area contributed by atoms with Gasteiger partial charge < -0.3 is 11.1 Å². The van der Waals surface area contributed by atoms with Crippen LogP contribution in [0.1, 0.15) is 11.1 Å². The second kappa shape index (κ2) is 6.87. The minimum Gasteiger partial charge on any atom is -0.398 e. The molecule has 0 heterocycles. The molecule has 3 N–H and O–H groups in total. The molecule has 2 rings (SSSR count). The van der Waals surface area contributed by atoms with Gasteiger partial charge in [0.25, 0.3) is 0 Å². The van der Waals surface area contributed by atoms with Crippen molar-refractivity contribution in [2.45, 2.75) is 18.7 Å². The topological polar surface area (TPSA) is 55.1 Å². The number of nitrogens with two attached hydrogens (primary N) is 1. The first-order valence-electron chi connectivity index (χ1n) is 6.51. The second-order valence-electron chi connectivity index (χ2n) is 4.79. The largest absolute Gasteiger partial charge is 0.398 e. The molecule has 5 heteroatoms. The quantitative estimate of drug-likeness (QED) is 0.653. The highest BCUT2D eigenvalue weighted by atomic mass is 35.5. The van der Waals surface area contributed by atoms with Crippen LogP contribution in [0.25, 0.3) is 0 Å². The average Bonchev–Trinajstić information content (AvgIpc) is 2.43. The number of amides is 1. The summed E-state index contributed by atoms with van der Waals surface area (Å²) in [7, 11) is 0. The first-order valence-corrected chi connectivity index (χ1v) is 7.87. The molecule has 0 saturated heterocycles. The summed E-state index contributed by atoms with van der Waals surface area (Å²) >= 11 is 7.56. The fourth-order valence-electron chi connectivity index (χ4n) is 1.84. The zero-order valence-corrected chi connectivity index (χ0v) is 13.5. The Labute approximate surface area is 133 Å². The minimum absolute atomic E-state index is 0.0902. The van der Waals surface area contributed by atoms with Crippen molar-refractivity contribution in [3.8, 4) is 0 Å². The summed E-state index contributed by atoms with van der Waals surface area (Å²) in [6, 6.07) is 11.3. The van der Waals surface area contributed by atoms with Crippen LogP contribution in [0.3, 0.4) is 0 Å². The Bertz CT molecular complexity index is 673. The fourth-order valence-corrected chi connectivity index (χ4v) is 2.99. The molecule has 2 aromatic rings. The van der Waals surface area contributed by atoms with E-state index >= 15 is 0 Å². The van der Waals surface area contributed by atoms with E-state index in [4.69, 9.17) is 17.3 Å². The van der Waals surface area contributed by atoms with Gasteiger partial charge in [-0.05, 0) is 49.2 Å². The third-order valence-electron chi connectivity index (χ3n) is 3.08. The van der Waals surface area contributed by atoms with Gasteiger partial charge in [0.15, 0.2) is 0 Å². The Balaban J connectivity index is 1.97. The number of rotatable bonds is 4. The Hall–Kier alpha value is -1.65. The van der Waals surface area contributed by atoms with E-state index in [1.54, 1.807) is 0 Å². The van der Waals surface area contributed by atoms with Gasteiger partial charge in [0.05, 0.1) is 16.5 Å². The SMILES string of the molecule is Cc1ccc(NC(=O)CSc2cccc(N)c2C)c(Cl)c1. The number of hydrogen-bond acceptors (Lipinski definition) is 3. The molecule has 0 radical (unpaired) electrons. The van der Waals surface area contributed by atoms with Gasteiger partial charge in [-0.25, -0.2) is 0 Å². The molecule has 0 fully saturated rings. The molecule has 2 aromatic carbocycles. The van der Waals surface area contributed by atoms with Gasteiger partial charge in [0.1, 0.15) is 0 Å². The molecule has 0 aliphatic heterocycles. The number of nitrogen functional groups attached to an aromatic ring is 1. The molecule has 3 nitrogen and oxygen atoms in total. The van der Waals surface area contributed by atoms with Crippen LogP contribution >= 0.6 is 23.4 Å². The molecule has 0 unspecified atom stereocenters. The first kappa shape index (κ1) is 15.7. The number of nitrogens with one attached hydrogen (secondary N) is 1. The van der Waals surface area contributed by atoms with Crippen LogP contribution in [0.2, 0.25) is 5.02 Å². The van der Waals surface area contributed by atoms with E-state index in [0.717, 1.165) is 21.7 Å². The lowest BCUT2D eigenvalue weighted by Crippen LogP contribution is -2.14. The Morgan fingerprint density at radius 3 is 2.76 bits per heavy atom. The van der Waals surface area contributed by atoms with Crippen LogP contribution < -0.4 is 11.1 Å². The lowest BCUT2D eigenvalue weighted by atomic mass is 10.2. The molecule has 110 valence electrons. The summed E-state index contributed by atoms with van der Waals surface area (Å²) in [5.41, 5.74) is 9.29. The van der Waals surface area contributed by atoms with Crippen LogP contribution in [0.15, 0.2) is 41.3 Å². The summed E-state index contributed by atoms with van der Waals surface area (Å²) in [6.07, 6.45) is 0. The Kier molecular flexibility index (Phi) is 5.15. The predicted octanol–water partition coefficient (Wildman–Crippen LogP) is 4.27. The third kappa shape index (κ3) is 4.16. The van der Waals surface area contributed by atoms with E-state index in [2.05, 4.69) is 5.32 Å². The number of hydrogen-bond donors (Lipinski definition) is 2. The molecule has 0 saturated carbocycles. The number of benzene rings is 2. The maximum absolute atomic E-state index is 12.0. The number of carbonyl (C=O) groups excluding carboxylic acids is 1. The molecule has 21 heavy (non-hydrogen) atoms. The summed E-state index contributed by atoms with van der Waals surface area (Å²) in [5.74, 6) is 0.224. The van der Waals surface area contributed by atoms with E-state index in [-0.39, 0.29) is 5.91 Å². The highest BCUT2D eigenvalue weighted by Gasteiger charge is 2.08. The smallest absolute Gasteiger partial charge is 0.234 e. The van der Waals surface area contributed by atoms with E-state index < -0.39 is 0 Å². The standard InChI is InChI=1S/C16H17ClN2OS/c1-10-6-7-14(12(17)8-10)19-16(20)9-21-15-5-3-4-13(18)11(15)2/h3-8H,9,18H2,1-2H3,(H,19,20). The van der Waals surface area contributed by atoms with Crippen molar-refractivity contribution < 1.29 is 4.79 Å². The van der Waals surface area contributed by atoms with Crippen molar-refractivity contribution in [1.82, 2.24) is 0 Å². The van der Waals surface area contributed by atoms with Crippen LogP contribution in [0, 0.1) is 13.8 Å². The molecular weight excluding hydrogens is 304 g/mol. The van der Waals surface area contributed by atoms with Gasteiger partial charge in [-0.3, -0.25) is 4.79 Å². The lowest BCUT2D eigenvalue weighted by molar-refractivity contribution is -0.113. The van der Waals surface area contributed by atoms with Gasteiger partial charge in [0, 0.05) is 10.6 Å². The molecule has 0 bridgehead atoms. The number of carbonyl (C=O) groups is 1. The van der Waals surface area contributed by atoms with E-state index in [1.807, 2.05) is 50.2 Å². The zero-order valence-electron chi connectivity index (χ0n) is 11.9. The molecule has 0 aromatic heterocycles. The Morgan fingerprint density at radius 1 is 1.29 bits per heavy atom. The maximum Gasteiger partial charge on any atom is 0.234 e. The van der Waals surface area contributed by atoms with Crippen molar-refractivity contribution in [2.75, 3.05) is 16.8 Å². The second-order valence-corrected chi connectivity index (χ2v) is 6.21. The van der Waals surface area contributed by atoms with Crippen molar-refractivity contribution in [3.63, 3.8) is 0 Å². The van der Waals surface area contributed by atoms with E-state index in [0.29, 0.717) is 16.5 Å². The van der Waals surface area contributed by atoms with Gasteiger partial charge in [0.2, 0.25) is 5.91 Å². The highest BCUT2D eigenvalue weighted by molar-refractivity contribution is 8.00. The maximum atomic E-state index is 12.0. The molecule has 0 aliphatic rings. The van der Waals surface area contributed by atoms with Crippen LogP contribution in [-0.2, 0) is 4.79 Å². The van der Waals surface area contributed by atoms with Crippen LogP contribution in [0.4, 0.5) is 11.4 Å². The number of aryl methyl sites for hydroxylation is 1. The highest BCUT2D eigenvalue weighted by Crippen LogP contribution is 2.27. The summed E-state index contributed by atoms with van der Waals surface area (Å²) in [6.45, 7) is 3.91. The van der Waals surface area contributed by atoms with Crippen molar-refractivity contribution >= 4 is 40.6 Å². The summed E-state index contributed by atoms with van der Waals surface area (Å²) in [5, 5.41) is 3.37. The minimum atomic E-state index is -0.0902. The summed E-state index contributed by atoms with van der Waals surface area (Å²) in [4.78, 5) is 13.0. The van der Waals surface area contributed by atoms with E-state index in [9.17, 15) is 4.79 Å². The lowest BCUT2D eigenvalue weighted by Gasteiger charge is -2.09. The van der Waals surface area contributed by atoms with Crippen molar-refractivity contribution in [3.05, 3.63) is 52.5 Å². The third-order valence-corrected chi connectivity index (χ3v) is 4.56. The van der Waals surface area contributed by atoms with Gasteiger partial charge in [-0.2, -0.15) is 0 Å². The van der Waals surface area contributed by atoms with Crippen LogP contribution in [-0.4, -0.2) is 11.7 Å². The van der Waals surface area contributed by atoms with Gasteiger partial charge in [-0.1, -0.05) is 23.7 Å². The number of halogens is 1. The first-order chi connectivity index (χ1) is 9.97. The Morgan fingerprint density at radius 2 is 2.05 bits per heavy atom. The normalized spacial score (nSPS) is 10.4. The zero-order chi connectivity index (χ0) is 15.4. The predicted molar refractivity (Wildman–Crippen MR) is 91.1 cm³/mol. The van der Waals surface area contributed by atoms with Crippen LogP contribution in [0.5, 0.6) is 0 Å². The molecule has 1 amide bonds. The molecule has 0 aliphatic carbocycles. The average molecular weight is 321 g/mol. The molecule has 0 spiro atoms. The van der Waals surface area contributed by atoms with Gasteiger partial charge >= 0.3 is 0 Å². The number of thioether (sulfide) groups is 1. The summed E-state index contributed by atoms with van der Waals surface area (Å²) < 4.78 is 0. The van der Waals surface area contributed by atoms with Gasteiger partial charge in [-0.15, -0.1) is 11.8 Å². The fraction of sp³-hybridized carbons (Fsp3) is 0.188. The molecule has 0 atom stereocenters.